The van der Waals surface area contributed by atoms with Crippen LogP contribution in [0.25, 0.3) is 11.0 Å². The maximum atomic E-state index is 11.6. The van der Waals surface area contributed by atoms with Crippen LogP contribution in [0, 0.1) is 0 Å². The van der Waals surface area contributed by atoms with Gasteiger partial charge in [-0.3, -0.25) is 14.8 Å². The van der Waals surface area contributed by atoms with Gasteiger partial charge < -0.3 is 10.2 Å². The lowest BCUT2D eigenvalue weighted by molar-refractivity contribution is -0.119. The summed E-state index contributed by atoms with van der Waals surface area (Å²) in [6.45, 7) is 2.83. The third-order valence-electron chi connectivity index (χ3n) is 2.69. The van der Waals surface area contributed by atoms with Crippen molar-refractivity contribution in [1.29, 1.82) is 0 Å². The van der Waals surface area contributed by atoms with Gasteiger partial charge in [0.25, 0.3) is 0 Å². The minimum absolute atomic E-state index is 0.00734. The van der Waals surface area contributed by atoms with Crippen LogP contribution >= 0.6 is 15.9 Å². The van der Waals surface area contributed by atoms with Gasteiger partial charge in [0.15, 0.2) is 0 Å². The fourth-order valence-corrected chi connectivity index (χ4v) is 2.17. The first-order valence-electron chi connectivity index (χ1n) is 6.00. The number of amides is 1. The molecule has 0 fully saturated rings. The number of anilines is 1. The lowest BCUT2D eigenvalue weighted by Gasteiger charge is -2.19. The molecule has 0 aromatic carbocycles. The standard InChI is InChI=1S/C13H15BrN4O/c1-3-15-12(19)8-18(2)11-4-5-16-10-6-9(14)7-17-13(10)11/h4-7H,3,8H2,1-2H3,(H,15,19). The van der Waals surface area contributed by atoms with Crippen LogP contribution in [0.2, 0.25) is 0 Å². The van der Waals surface area contributed by atoms with Crippen LogP contribution < -0.4 is 10.2 Å². The van der Waals surface area contributed by atoms with Crippen molar-refractivity contribution in [3.63, 3.8) is 0 Å². The van der Waals surface area contributed by atoms with E-state index in [1.165, 1.54) is 0 Å². The zero-order valence-corrected chi connectivity index (χ0v) is 12.4. The second-order valence-electron chi connectivity index (χ2n) is 4.16. The molecule has 1 amide bonds. The molecule has 0 unspecified atom stereocenters. The molecule has 2 heterocycles. The first-order chi connectivity index (χ1) is 9.11. The molecule has 0 aliphatic rings. The smallest absolute Gasteiger partial charge is 0.239 e. The monoisotopic (exact) mass is 322 g/mol. The SMILES string of the molecule is CCNC(=O)CN(C)c1ccnc2cc(Br)cnc12. The highest BCUT2D eigenvalue weighted by Gasteiger charge is 2.11. The number of carbonyl (C=O) groups is 1. The fourth-order valence-electron chi connectivity index (χ4n) is 1.85. The maximum absolute atomic E-state index is 11.6. The summed E-state index contributed by atoms with van der Waals surface area (Å²) in [5, 5.41) is 2.78. The molecular formula is C13H15BrN4O. The van der Waals surface area contributed by atoms with E-state index >= 15 is 0 Å². The summed E-state index contributed by atoms with van der Waals surface area (Å²) in [5.74, 6) is -0.00734. The zero-order valence-electron chi connectivity index (χ0n) is 10.9. The number of hydrogen-bond donors (Lipinski definition) is 1. The van der Waals surface area contributed by atoms with E-state index in [1.54, 1.807) is 12.4 Å². The molecule has 0 saturated carbocycles. The number of pyridine rings is 2. The van der Waals surface area contributed by atoms with E-state index < -0.39 is 0 Å². The highest BCUT2D eigenvalue weighted by Crippen LogP contribution is 2.24. The van der Waals surface area contributed by atoms with Gasteiger partial charge in [-0.15, -0.1) is 0 Å². The Morgan fingerprint density at radius 1 is 1.47 bits per heavy atom. The molecule has 2 aromatic rings. The Morgan fingerprint density at radius 3 is 3.00 bits per heavy atom. The molecule has 5 nitrogen and oxygen atoms in total. The molecule has 0 atom stereocenters. The van der Waals surface area contributed by atoms with E-state index in [-0.39, 0.29) is 5.91 Å². The van der Waals surface area contributed by atoms with Crippen molar-refractivity contribution >= 4 is 38.6 Å². The largest absolute Gasteiger partial charge is 0.363 e. The van der Waals surface area contributed by atoms with Gasteiger partial charge in [0, 0.05) is 30.5 Å². The topological polar surface area (TPSA) is 58.1 Å². The summed E-state index contributed by atoms with van der Waals surface area (Å²) in [4.78, 5) is 22.1. The van der Waals surface area contributed by atoms with Crippen molar-refractivity contribution in [2.45, 2.75) is 6.92 Å². The summed E-state index contributed by atoms with van der Waals surface area (Å²) in [7, 11) is 1.87. The van der Waals surface area contributed by atoms with Crippen molar-refractivity contribution in [2.75, 3.05) is 25.0 Å². The molecule has 0 bridgehead atoms. The lowest BCUT2D eigenvalue weighted by Crippen LogP contribution is -2.35. The minimum Gasteiger partial charge on any atom is -0.363 e. The number of fused-ring (bicyclic) bond motifs is 1. The number of carbonyl (C=O) groups excluding carboxylic acids is 1. The van der Waals surface area contributed by atoms with Crippen LogP contribution in [0.15, 0.2) is 29.0 Å². The molecule has 0 saturated heterocycles. The van der Waals surface area contributed by atoms with E-state index in [2.05, 4.69) is 31.2 Å². The Labute approximate surface area is 120 Å². The number of rotatable bonds is 4. The Balaban J connectivity index is 2.31. The third-order valence-corrected chi connectivity index (χ3v) is 3.12. The van der Waals surface area contributed by atoms with Crippen LogP contribution in [-0.4, -0.2) is 36.0 Å². The number of aromatic nitrogens is 2. The highest BCUT2D eigenvalue weighted by molar-refractivity contribution is 9.10. The number of halogens is 1. The van der Waals surface area contributed by atoms with Crippen LogP contribution in [0.4, 0.5) is 5.69 Å². The molecule has 100 valence electrons. The average Bonchev–Trinajstić information content (AvgIpc) is 2.37. The van der Waals surface area contributed by atoms with Crippen LogP contribution in [0.3, 0.4) is 0 Å². The van der Waals surface area contributed by atoms with Crippen molar-refractivity contribution in [2.24, 2.45) is 0 Å². The average molecular weight is 323 g/mol. The summed E-state index contributed by atoms with van der Waals surface area (Å²) in [6, 6.07) is 3.77. The van der Waals surface area contributed by atoms with Gasteiger partial charge in [-0.05, 0) is 35.0 Å². The van der Waals surface area contributed by atoms with Gasteiger partial charge >= 0.3 is 0 Å². The van der Waals surface area contributed by atoms with E-state index in [0.717, 1.165) is 21.2 Å². The Kier molecular flexibility index (Phi) is 4.31. The van der Waals surface area contributed by atoms with Crippen molar-refractivity contribution in [1.82, 2.24) is 15.3 Å². The molecule has 0 aliphatic heterocycles. The minimum atomic E-state index is -0.00734. The quantitative estimate of drug-likeness (QED) is 0.935. The Hall–Kier alpha value is -1.69. The predicted molar refractivity (Wildman–Crippen MR) is 79.2 cm³/mol. The van der Waals surface area contributed by atoms with Crippen LogP contribution in [0.5, 0.6) is 0 Å². The van der Waals surface area contributed by atoms with E-state index in [1.807, 2.05) is 31.0 Å². The Bertz CT molecular complexity index is 602. The normalized spacial score (nSPS) is 10.5. The molecule has 0 spiro atoms. The first kappa shape index (κ1) is 13.7. The molecular weight excluding hydrogens is 308 g/mol. The molecule has 6 heteroatoms. The van der Waals surface area contributed by atoms with Gasteiger partial charge in [0.2, 0.25) is 5.91 Å². The summed E-state index contributed by atoms with van der Waals surface area (Å²) in [6.07, 6.45) is 3.45. The van der Waals surface area contributed by atoms with Crippen molar-refractivity contribution in [3.05, 3.63) is 29.0 Å². The third kappa shape index (κ3) is 3.20. The molecule has 19 heavy (non-hydrogen) atoms. The van der Waals surface area contributed by atoms with Crippen molar-refractivity contribution in [3.8, 4) is 0 Å². The van der Waals surface area contributed by atoms with Gasteiger partial charge in [-0.2, -0.15) is 0 Å². The lowest BCUT2D eigenvalue weighted by atomic mass is 10.2. The number of nitrogens with zero attached hydrogens (tertiary/aromatic N) is 3. The number of likely N-dealkylation sites (N-methyl/N-ethyl adjacent to an activating group) is 2. The number of nitrogens with one attached hydrogen (secondary N) is 1. The fraction of sp³-hybridized carbons (Fsp3) is 0.308. The van der Waals surface area contributed by atoms with E-state index in [4.69, 9.17) is 0 Å². The van der Waals surface area contributed by atoms with E-state index in [9.17, 15) is 4.79 Å². The zero-order chi connectivity index (χ0) is 13.8. The van der Waals surface area contributed by atoms with Crippen LogP contribution in [0.1, 0.15) is 6.92 Å². The van der Waals surface area contributed by atoms with Crippen LogP contribution in [-0.2, 0) is 4.79 Å². The van der Waals surface area contributed by atoms with Gasteiger partial charge in [-0.25, -0.2) is 0 Å². The molecule has 2 aromatic heterocycles. The maximum Gasteiger partial charge on any atom is 0.239 e. The molecule has 1 N–H and O–H groups in total. The first-order valence-corrected chi connectivity index (χ1v) is 6.79. The summed E-state index contributed by atoms with van der Waals surface area (Å²) in [5.41, 5.74) is 2.48. The molecule has 0 aliphatic carbocycles. The Morgan fingerprint density at radius 2 is 2.26 bits per heavy atom. The summed E-state index contributed by atoms with van der Waals surface area (Å²) < 4.78 is 0.885. The predicted octanol–water partition coefficient (Wildman–Crippen LogP) is 1.96. The van der Waals surface area contributed by atoms with Gasteiger partial charge in [0.05, 0.1) is 17.7 Å². The second kappa shape index (κ2) is 5.97. The van der Waals surface area contributed by atoms with Gasteiger partial charge in [0.1, 0.15) is 5.52 Å². The highest BCUT2D eigenvalue weighted by atomic mass is 79.9. The number of hydrogen-bond acceptors (Lipinski definition) is 4. The van der Waals surface area contributed by atoms with Crippen molar-refractivity contribution < 1.29 is 4.79 Å². The van der Waals surface area contributed by atoms with E-state index in [0.29, 0.717) is 13.1 Å². The second-order valence-corrected chi connectivity index (χ2v) is 5.08. The molecule has 0 radical (unpaired) electrons. The van der Waals surface area contributed by atoms with Gasteiger partial charge in [-0.1, -0.05) is 0 Å². The molecule has 2 rings (SSSR count). The summed E-state index contributed by atoms with van der Waals surface area (Å²) >= 11 is 3.37.